The maximum absolute atomic E-state index is 8.82. The molecule has 1 fully saturated rings. The number of rotatable bonds is 3. The molecule has 0 amide bonds. The van der Waals surface area contributed by atoms with Crippen LogP contribution in [0.25, 0.3) is 10.8 Å². The largest absolute Gasteiger partial charge is 0.485 e. The Balaban J connectivity index is 2.10. The van der Waals surface area contributed by atoms with Crippen molar-refractivity contribution in [1.82, 2.24) is 0 Å². The number of nitrogens with two attached hydrogens (primary N) is 1. The maximum atomic E-state index is 8.82. The van der Waals surface area contributed by atoms with Gasteiger partial charge < -0.3 is 20.4 Å². The summed E-state index contributed by atoms with van der Waals surface area (Å²) in [6, 6.07) is 11.4. The molecule has 0 radical (unpaired) electrons. The molecule has 3 rings (SSSR count). The van der Waals surface area contributed by atoms with Crippen LogP contribution in [0.15, 0.2) is 41.6 Å². The summed E-state index contributed by atoms with van der Waals surface area (Å²) in [6.45, 7) is 1.24. The van der Waals surface area contributed by atoms with E-state index in [1.54, 1.807) is 6.07 Å². The van der Waals surface area contributed by atoms with Crippen LogP contribution >= 0.6 is 0 Å². The molecule has 0 bridgehead atoms. The zero-order valence-electron chi connectivity index (χ0n) is 10.2. The number of benzene rings is 2. The molecule has 3 N–H and O–H groups in total. The van der Waals surface area contributed by atoms with Gasteiger partial charge in [0.1, 0.15) is 11.9 Å². The number of ether oxygens (including phenoxy) is 2. The third kappa shape index (κ3) is 2.08. The summed E-state index contributed by atoms with van der Waals surface area (Å²) in [4.78, 5) is 0. The second kappa shape index (κ2) is 4.78. The number of hydrogen-bond donors (Lipinski definition) is 2. The lowest BCUT2D eigenvalue weighted by Crippen LogP contribution is -2.38. The number of nitrogens with zero attached hydrogens (tertiary/aromatic N) is 1. The molecule has 1 heterocycles. The molecule has 98 valence electrons. The summed E-state index contributed by atoms with van der Waals surface area (Å²) >= 11 is 0. The summed E-state index contributed by atoms with van der Waals surface area (Å²) in [6.07, 6.45) is 0.109. The van der Waals surface area contributed by atoms with Crippen molar-refractivity contribution >= 4 is 16.6 Å². The average molecular weight is 258 g/mol. The third-order valence-corrected chi connectivity index (χ3v) is 3.17. The van der Waals surface area contributed by atoms with Crippen LogP contribution in [-0.2, 0) is 4.74 Å². The highest BCUT2D eigenvalue weighted by atomic mass is 16.6. The first-order valence-corrected chi connectivity index (χ1v) is 6.03. The van der Waals surface area contributed by atoms with Crippen LogP contribution in [0.2, 0.25) is 0 Å². The molecule has 5 nitrogen and oxygen atoms in total. The lowest BCUT2D eigenvalue weighted by Gasteiger charge is -2.27. The normalized spacial score (nSPS) is 16.3. The van der Waals surface area contributed by atoms with Crippen molar-refractivity contribution in [2.75, 3.05) is 13.2 Å². The van der Waals surface area contributed by atoms with Gasteiger partial charge in [-0.15, -0.1) is 0 Å². The molecule has 0 aliphatic carbocycles. The Labute approximate surface area is 110 Å². The van der Waals surface area contributed by atoms with E-state index >= 15 is 0 Å². The molecule has 19 heavy (non-hydrogen) atoms. The van der Waals surface area contributed by atoms with Gasteiger partial charge in [-0.2, -0.15) is 0 Å². The lowest BCUT2D eigenvalue weighted by atomic mass is 10.0. The minimum absolute atomic E-state index is 0.0923. The van der Waals surface area contributed by atoms with Gasteiger partial charge in [0.05, 0.1) is 13.2 Å². The van der Waals surface area contributed by atoms with E-state index in [2.05, 4.69) is 5.16 Å². The molecule has 2 aromatic carbocycles. The summed E-state index contributed by atoms with van der Waals surface area (Å²) in [5, 5.41) is 13.7. The number of fused-ring (bicyclic) bond motifs is 1. The van der Waals surface area contributed by atoms with E-state index in [1.165, 1.54) is 0 Å². The Morgan fingerprint density at radius 3 is 2.58 bits per heavy atom. The molecule has 0 saturated carbocycles. The SMILES string of the molecule is N/C(=N/O)c1ccc(OC2COC2)c2ccccc12. The molecule has 5 heteroatoms. The van der Waals surface area contributed by atoms with Crippen molar-refractivity contribution in [3.05, 3.63) is 42.0 Å². The van der Waals surface area contributed by atoms with Gasteiger partial charge in [0, 0.05) is 10.9 Å². The second-order valence-corrected chi connectivity index (χ2v) is 4.42. The van der Waals surface area contributed by atoms with Crippen molar-refractivity contribution in [3.8, 4) is 5.75 Å². The van der Waals surface area contributed by atoms with Gasteiger partial charge in [-0.25, -0.2) is 0 Å². The van der Waals surface area contributed by atoms with Crippen LogP contribution in [0.5, 0.6) is 5.75 Å². The van der Waals surface area contributed by atoms with Gasteiger partial charge in [-0.05, 0) is 17.5 Å². The summed E-state index contributed by atoms with van der Waals surface area (Å²) < 4.78 is 11.0. The third-order valence-electron chi connectivity index (χ3n) is 3.17. The maximum Gasteiger partial charge on any atom is 0.170 e. The Hall–Kier alpha value is -2.27. The fraction of sp³-hybridized carbons (Fsp3) is 0.214. The van der Waals surface area contributed by atoms with Gasteiger partial charge in [-0.1, -0.05) is 29.4 Å². The van der Waals surface area contributed by atoms with Gasteiger partial charge in [0.25, 0.3) is 0 Å². The number of oxime groups is 1. The first-order chi connectivity index (χ1) is 9.29. The number of hydrogen-bond acceptors (Lipinski definition) is 4. The highest BCUT2D eigenvalue weighted by Gasteiger charge is 2.21. The van der Waals surface area contributed by atoms with E-state index in [9.17, 15) is 0 Å². The van der Waals surface area contributed by atoms with Crippen molar-refractivity contribution < 1.29 is 14.7 Å². The smallest absolute Gasteiger partial charge is 0.170 e. The first-order valence-electron chi connectivity index (χ1n) is 6.03. The topological polar surface area (TPSA) is 77.1 Å². The zero-order valence-corrected chi connectivity index (χ0v) is 10.2. The van der Waals surface area contributed by atoms with E-state index in [4.69, 9.17) is 20.4 Å². The predicted octanol–water partition coefficient (Wildman–Crippen LogP) is 1.71. The molecule has 0 aromatic heterocycles. The van der Waals surface area contributed by atoms with E-state index in [0.29, 0.717) is 18.8 Å². The van der Waals surface area contributed by atoms with Crippen LogP contribution in [0.4, 0.5) is 0 Å². The number of amidine groups is 1. The molecular formula is C14H14N2O3. The predicted molar refractivity (Wildman–Crippen MR) is 71.7 cm³/mol. The van der Waals surface area contributed by atoms with Crippen LogP contribution in [0.3, 0.4) is 0 Å². The Kier molecular flexibility index (Phi) is 2.97. The first kappa shape index (κ1) is 11.8. The minimum Gasteiger partial charge on any atom is -0.485 e. The molecule has 2 aromatic rings. The summed E-state index contributed by atoms with van der Waals surface area (Å²) in [5.41, 5.74) is 6.38. The van der Waals surface area contributed by atoms with E-state index in [1.807, 2.05) is 30.3 Å². The van der Waals surface area contributed by atoms with Gasteiger partial charge in [-0.3, -0.25) is 0 Å². The van der Waals surface area contributed by atoms with Crippen molar-refractivity contribution in [2.45, 2.75) is 6.10 Å². The summed E-state index contributed by atoms with van der Waals surface area (Å²) in [5.74, 6) is 0.883. The van der Waals surface area contributed by atoms with Gasteiger partial charge in [0.2, 0.25) is 0 Å². The minimum atomic E-state index is 0.0923. The van der Waals surface area contributed by atoms with E-state index in [0.717, 1.165) is 16.5 Å². The molecule has 0 spiro atoms. The van der Waals surface area contributed by atoms with Gasteiger partial charge >= 0.3 is 0 Å². The highest BCUT2D eigenvalue weighted by Crippen LogP contribution is 2.30. The van der Waals surface area contributed by atoms with E-state index < -0.39 is 0 Å². The van der Waals surface area contributed by atoms with Crippen LogP contribution in [-0.4, -0.2) is 30.4 Å². The molecule has 1 aliphatic rings. The Bertz CT molecular complexity index is 636. The zero-order chi connectivity index (χ0) is 13.2. The average Bonchev–Trinajstić information content (AvgIpc) is 2.41. The second-order valence-electron chi connectivity index (χ2n) is 4.42. The van der Waals surface area contributed by atoms with Crippen molar-refractivity contribution in [2.24, 2.45) is 10.9 Å². The highest BCUT2D eigenvalue weighted by molar-refractivity contribution is 6.10. The molecule has 0 unspecified atom stereocenters. The lowest BCUT2D eigenvalue weighted by molar-refractivity contribution is -0.0791. The quantitative estimate of drug-likeness (QED) is 0.380. The standard InChI is InChI=1S/C14H14N2O3/c15-14(16-17)12-5-6-13(19-9-7-18-8-9)11-4-2-1-3-10(11)12/h1-6,9,17H,7-8H2,(H2,15,16). The fourth-order valence-electron chi connectivity index (χ4n) is 2.11. The van der Waals surface area contributed by atoms with Crippen LogP contribution in [0.1, 0.15) is 5.56 Å². The fourth-order valence-corrected chi connectivity index (χ4v) is 2.11. The molecule has 0 atom stereocenters. The van der Waals surface area contributed by atoms with Crippen LogP contribution in [0, 0.1) is 0 Å². The molecular weight excluding hydrogens is 244 g/mol. The van der Waals surface area contributed by atoms with Crippen molar-refractivity contribution in [1.29, 1.82) is 0 Å². The monoisotopic (exact) mass is 258 g/mol. The Morgan fingerprint density at radius 2 is 1.95 bits per heavy atom. The van der Waals surface area contributed by atoms with Gasteiger partial charge in [0.15, 0.2) is 5.84 Å². The van der Waals surface area contributed by atoms with E-state index in [-0.39, 0.29) is 11.9 Å². The van der Waals surface area contributed by atoms with Crippen LogP contribution < -0.4 is 10.5 Å². The molecule has 1 saturated heterocycles. The Morgan fingerprint density at radius 1 is 1.21 bits per heavy atom. The van der Waals surface area contributed by atoms with Crippen molar-refractivity contribution in [3.63, 3.8) is 0 Å². The molecule has 1 aliphatic heterocycles. The summed E-state index contributed by atoms with van der Waals surface area (Å²) in [7, 11) is 0.